The number of hydrogen-bond donors (Lipinski definition) is 1. The van der Waals surface area contributed by atoms with E-state index in [1.54, 1.807) is 61.0 Å². The highest BCUT2D eigenvalue weighted by atomic mass is 35.5. The van der Waals surface area contributed by atoms with Gasteiger partial charge in [0.1, 0.15) is 0 Å². The van der Waals surface area contributed by atoms with Gasteiger partial charge in [0.15, 0.2) is 0 Å². The predicted octanol–water partition coefficient (Wildman–Crippen LogP) is 5.72. The molecule has 0 unspecified atom stereocenters. The van der Waals surface area contributed by atoms with Crippen molar-refractivity contribution >= 4 is 38.2 Å². The minimum Gasteiger partial charge on any atom is -0.478 e. The second-order valence-corrected chi connectivity index (χ2v) is 12.8. The Morgan fingerprint density at radius 1 is 0.969 bits per heavy atom. The smallest absolute Gasteiger partial charge is 0.335 e. The summed E-state index contributed by atoms with van der Waals surface area (Å²) >= 11 is 6.12. The van der Waals surface area contributed by atoms with Crippen molar-refractivity contribution < 1.29 is 18.9 Å². The zero-order valence-electron chi connectivity index (χ0n) is 18.5. The number of benzene rings is 3. The normalized spacial score (nSPS) is 16.8. The molecule has 0 fully saturated rings. The summed E-state index contributed by atoms with van der Waals surface area (Å²) in [5, 5.41) is 10.0. The van der Waals surface area contributed by atoms with Gasteiger partial charge < -0.3 is 10.0 Å². The number of rotatable bonds is 3. The third-order valence-corrected chi connectivity index (χ3v) is 8.86. The Morgan fingerprint density at radius 2 is 1.66 bits per heavy atom. The Labute approximate surface area is 193 Å². The predicted molar refractivity (Wildman–Crippen MR) is 130 cm³/mol. The maximum Gasteiger partial charge on any atom is 0.335 e. The van der Waals surface area contributed by atoms with Crippen molar-refractivity contribution in [1.29, 1.82) is 0 Å². The summed E-state index contributed by atoms with van der Waals surface area (Å²) in [7, 11) is -3.68. The molecule has 168 valence electrons. The van der Waals surface area contributed by atoms with Crippen LogP contribution in [0.5, 0.6) is 0 Å². The van der Waals surface area contributed by atoms with Gasteiger partial charge in [0.05, 0.1) is 23.4 Å². The summed E-state index contributed by atoms with van der Waals surface area (Å²) in [6.45, 7) is 4.16. The van der Waals surface area contributed by atoms with E-state index < -0.39 is 15.0 Å². The third-order valence-electron chi connectivity index (χ3n) is 5.37. The van der Waals surface area contributed by atoms with Crippen LogP contribution in [0.25, 0.3) is 0 Å². The maximum absolute atomic E-state index is 14.4. The number of fused-ring (bicyclic) bond motifs is 2. The van der Waals surface area contributed by atoms with E-state index in [9.17, 15) is 18.9 Å². The molecule has 5 nitrogen and oxygen atoms in total. The van der Waals surface area contributed by atoms with Crippen molar-refractivity contribution in [3.63, 3.8) is 0 Å². The molecule has 3 aromatic rings. The van der Waals surface area contributed by atoms with E-state index in [1.807, 2.05) is 19.9 Å². The number of carboxylic acids is 1. The lowest BCUT2D eigenvalue weighted by Crippen LogP contribution is -2.31. The fourth-order valence-corrected chi connectivity index (χ4v) is 6.83. The van der Waals surface area contributed by atoms with Gasteiger partial charge >= 0.3 is 5.97 Å². The molecule has 0 atom stereocenters. The molecule has 32 heavy (non-hydrogen) atoms. The SMILES string of the molecule is CC.CS1(C)(=O)c2ccccc2C(=O)N(Cc2cccc(Cl)c2)c2cc(C(=O)O)ccc21. The number of halogens is 1. The summed E-state index contributed by atoms with van der Waals surface area (Å²) in [5.41, 5.74) is 1.47. The zero-order valence-corrected chi connectivity index (χ0v) is 20.0. The second kappa shape index (κ2) is 8.52. The molecular weight excluding hydrogens is 446 g/mol. The van der Waals surface area contributed by atoms with Crippen LogP contribution in [-0.4, -0.2) is 33.7 Å². The summed E-state index contributed by atoms with van der Waals surface area (Å²) in [5.74, 6) is -1.46. The number of hydrogen-bond acceptors (Lipinski definition) is 3. The van der Waals surface area contributed by atoms with E-state index in [2.05, 4.69) is 0 Å². The van der Waals surface area contributed by atoms with Crippen molar-refractivity contribution in [3.05, 3.63) is 88.4 Å². The van der Waals surface area contributed by atoms with Gasteiger partial charge in [0.2, 0.25) is 0 Å². The van der Waals surface area contributed by atoms with Crippen LogP contribution in [0.4, 0.5) is 5.69 Å². The first-order valence-corrected chi connectivity index (χ1v) is 13.4. The van der Waals surface area contributed by atoms with Crippen LogP contribution >= 0.6 is 11.6 Å². The molecule has 0 aliphatic carbocycles. The Hall–Kier alpha value is -2.96. The van der Waals surface area contributed by atoms with Crippen LogP contribution in [0.2, 0.25) is 5.02 Å². The van der Waals surface area contributed by atoms with E-state index in [0.29, 0.717) is 26.1 Å². The largest absolute Gasteiger partial charge is 0.478 e. The molecule has 0 saturated heterocycles. The molecular formula is C25H26ClNO4S. The molecule has 1 N–H and O–H groups in total. The lowest BCUT2D eigenvalue weighted by atomic mass is 10.1. The standard InChI is InChI=1S/C23H20ClNO4S.C2H6/c1-30(2,29)20-9-4-3-8-18(20)22(26)25(14-15-6-5-7-17(24)12-15)19-13-16(23(27)28)10-11-21(19)30;1-2/h3-13H,14H2,1-2H3,(H,27,28);1-2H3. The van der Waals surface area contributed by atoms with Gasteiger partial charge in [-0.1, -0.05) is 49.7 Å². The van der Waals surface area contributed by atoms with Crippen LogP contribution in [0.1, 0.15) is 40.1 Å². The van der Waals surface area contributed by atoms with Gasteiger partial charge in [-0.25, -0.2) is 4.79 Å². The first-order chi connectivity index (χ1) is 15.1. The van der Waals surface area contributed by atoms with Crippen LogP contribution in [0, 0.1) is 0 Å². The summed E-state index contributed by atoms with van der Waals surface area (Å²) in [6.07, 6.45) is 3.26. The number of nitrogens with zero attached hydrogens (tertiary/aromatic N) is 1. The highest BCUT2D eigenvalue weighted by Crippen LogP contribution is 2.48. The van der Waals surface area contributed by atoms with Crippen LogP contribution in [-0.2, 0) is 15.6 Å². The Morgan fingerprint density at radius 3 is 2.31 bits per heavy atom. The topological polar surface area (TPSA) is 74.7 Å². The molecule has 4 rings (SSSR count). The lowest BCUT2D eigenvalue weighted by molar-refractivity contribution is 0.0696. The second-order valence-electron chi connectivity index (χ2n) is 7.83. The number of carboxylic acid groups (broad SMARTS) is 1. The van der Waals surface area contributed by atoms with Crippen LogP contribution < -0.4 is 4.90 Å². The van der Waals surface area contributed by atoms with Gasteiger partial charge in [-0.05, 0) is 69.6 Å². The zero-order chi connectivity index (χ0) is 23.7. The average Bonchev–Trinajstić information content (AvgIpc) is 2.82. The molecule has 7 heteroatoms. The quantitative estimate of drug-likeness (QED) is 0.529. The average molecular weight is 472 g/mol. The number of anilines is 1. The molecule has 0 spiro atoms. The molecule has 0 aromatic heterocycles. The van der Waals surface area contributed by atoms with Crippen molar-refractivity contribution in [1.82, 2.24) is 0 Å². The van der Waals surface area contributed by atoms with Gasteiger partial charge in [-0.15, -0.1) is 0 Å². The Balaban J connectivity index is 0.00000141. The minimum atomic E-state index is -3.68. The maximum atomic E-state index is 14.4. The minimum absolute atomic E-state index is 0.0201. The van der Waals surface area contributed by atoms with Gasteiger partial charge in [0.25, 0.3) is 5.91 Å². The molecule has 1 aliphatic rings. The van der Waals surface area contributed by atoms with Crippen molar-refractivity contribution in [2.45, 2.75) is 30.2 Å². The summed E-state index contributed by atoms with van der Waals surface area (Å²) < 4.78 is 14.4. The molecule has 1 amide bonds. The highest BCUT2D eigenvalue weighted by Gasteiger charge is 2.42. The van der Waals surface area contributed by atoms with E-state index >= 15 is 0 Å². The number of amides is 1. The summed E-state index contributed by atoms with van der Waals surface area (Å²) in [4.78, 5) is 27.6. The van der Waals surface area contributed by atoms with Crippen molar-refractivity contribution in [3.8, 4) is 0 Å². The Kier molecular flexibility index (Phi) is 6.31. The summed E-state index contributed by atoms with van der Waals surface area (Å²) in [6, 6.07) is 18.4. The van der Waals surface area contributed by atoms with E-state index in [-0.39, 0.29) is 18.0 Å². The number of carbonyl (C=O) groups is 2. The number of aromatic carboxylic acids is 1. The first-order valence-electron chi connectivity index (χ1n) is 10.2. The van der Waals surface area contributed by atoms with Crippen LogP contribution in [0.3, 0.4) is 0 Å². The monoisotopic (exact) mass is 471 g/mol. The molecule has 3 aromatic carbocycles. The van der Waals surface area contributed by atoms with E-state index in [0.717, 1.165) is 5.56 Å². The Bertz CT molecular complexity index is 1280. The molecule has 0 radical (unpaired) electrons. The van der Waals surface area contributed by atoms with Gasteiger partial charge in [-0.3, -0.25) is 9.00 Å². The van der Waals surface area contributed by atoms with Crippen molar-refractivity contribution in [2.75, 3.05) is 17.4 Å². The molecule has 0 bridgehead atoms. The third kappa shape index (κ3) is 4.08. The van der Waals surface area contributed by atoms with Crippen molar-refractivity contribution in [2.24, 2.45) is 0 Å². The fraction of sp³-hybridized carbons (Fsp3) is 0.200. The number of carbonyl (C=O) groups excluding carboxylic acids is 1. The van der Waals surface area contributed by atoms with E-state index in [4.69, 9.17) is 11.6 Å². The van der Waals surface area contributed by atoms with Crippen LogP contribution in [0.15, 0.2) is 76.5 Å². The van der Waals surface area contributed by atoms with Gasteiger partial charge in [0, 0.05) is 14.8 Å². The van der Waals surface area contributed by atoms with Gasteiger partial charge in [-0.2, -0.15) is 0 Å². The fourth-order valence-electron chi connectivity index (χ4n) is 3.87. The lowest BCUT2D eigenvalue weighted by Gasteiger charge is -2.36. The molecule has 1 heterocycles. The highest BCUT2D eigenvalue weighted by molar-refractivity contribution is 8.19. The molecule has 1 aliphatic heterocycles. The molecule has 0 saturated carbocycles. The van der Waals surface area contributed by atoms with E-state index in [1.165, 1.54) is 17.0 Å². The first kappa shape index (κ1) is 23.7.